The first-order chi connectivity index (χ1) is 9.32. The molecule has 1 unspecified atom stereocenters. The van der Waals surface area contributed by atoms with Gasteiger partial charge in [-0.3, -0.25) is 0 Å². The van der Waals surface area contributed by atoms with Crippen LogP contribution in [0.5, 0.6) is 0 Å². The molecule has 0 amide bonds. The average molecular weight is 298 g/mol. The molecule has 0 saturated carbocycles. The number of ether oxygens (including phenoxy) is 2. The van der Waals surface area contributed by atoms with Crippen LogP contribution in [0.2, 0.25) is 0 Å². The number of esters is 1. The van der Waals surface area contributed by atoms with Gasteiger partial charge in [-0.05, 0) is 33.8 Å². The molecule has 1 aliphatic rings. The topological polar surface area (TPSA) is 64.8 Å². The number of carbonyl (C=O) groups is 1. The van der Waals surface area contributed by atoms with Gasteiger partial charge in [0, 0.05) is 13.1 Å². The molecule has 6 heteroatoms. The first kappa shape index (κ1) is 15.1. The molecule has 1 atom stereocenters. The Balaban J connectivity index is 2.21. The van der Waals surface area contributed by atoms with Crippen molar-refractivity contribution in [1.29, 1.82) is 0 Å². The maximum absolute atomic E-state index is 11.8. The van der Waals surface area contributed by atoms with Crippen molar-refractivity contribution in [2.24, 2.45) is 0 Å². The Kier molecular flexibility index (Phi) is 4.25. The van der Waals surface area contributed by atoms with Crippen LogP contribution in [0.15, 0.2) is 6.07 Å². The van der Waals surface area contributed by atoms with Crippen LogP contribution in [0.1, 0.15) is 37.4 Å². The van der Waals surface area contributed by atoms with E-state index in [1.54, 1.807) is 6.92 Å². The smallest absolute Gasteiger partial charge is 0.350 e. The molecule has 5 nitrogen and oxygen atoms in total. The first-order valence-electron chi connectivity index (χ1n) is 6.81. The number of nitrogens with two attached hydrogens (primary N) is 1. The molecule has 1 aromatic heterocycles. The Morgan fingerprint density at radius 2 is 2.35 bits per heavy atom. The molecule has 0 bridgehead atoms. The van der Waals surface area contributed by atoms with E-state index in [2.05, 4.69) is 25.7 Å². The van der Waals surface area contributed by atoms with E-state index in [0.29, 0.717) is 17.2 Å². The van der Waals surface area contributed by atoms with Crippen molar-refractivity contribution >= 4 is 28.0 Å². The third-order valence-electron chi connectivity index (χ3n) is 3.09. The molecule has 0 spiro atoms. The van der Waals surface area contributed by atoms with Crippen molar-refractivity contribution in [3.8, 4) is 0 Å². The normalized spacial score (nSPS) is 21.8. The number of hydrogen-bond donors (Lipinski definition) is 1. The summed E-state index contributed by atoms with van der Waals surface area (Å²) in [5.74, 6) is -0.346. The molecule has 2 rings (SSSR count). The van der Waals surface area contributed by atoms with Gasteiger partial charge in [0.1, 0.15) is 4.88 Å². The number of morpholine rings is 1. The Labute approximate surface area is 123 Å². The number of thiophene rings is 1. The molecule has 0 aromatic carbocycles. The zero-order chi connectivity index (χ0) is 14.9. The summed E-state index contributed by atoms with van der Waals surface area (Å²) < 4.78 is 10.9. The van der Waals surface area contributed by atoms with E-state index in [-0.39, 0.29) is 17.7 Å². The van der Waals surface area contributed by atoms with E-state index in [1.807, 2.05) is 6.07 Å². The third-order valence-corrected chi connectivity index (χ3v) is 4.28. The highest BCUT2D eigenvalue weighted by molar-refractivity contribution is 7.18. The zero-order valence-electron chi connectivity index (χ0n) is 12.4. The summed E-state index contributed by atoms with van der Waals surface area (Å²) in [6.45, 7) is 9.90. The molecule has 20 heavy (non-hydrogen) atoms. The molecule has 1 aromatic rings. The van der Waals surface area contributed by atoms with Gasteiger partial charge in [0.2, 0.25) is 0 Å². The van der Waals surface area contributed by atoms with Crippen molar-refractivity contribution < 1.29 is 14.3 Å². The highest BCUT2D eigenvalue weighted by atomic mass is 32.1. The van der Waals surface area contributed by atoms with E-state index < -0.39 is 0 Å². The lowest BCUT2D eigenvalue weighted by Gasteiger charge is -2.42. The molecule has 1 aliphatic heterocycles. The summed E-state index contributed by atoms with van der Waals surface area (Å²) in [5, 5.41) is 0.994. The quantitative estimate of drug-likeness (QED) is 0.869. The van der Waals surface area contributed by atoms with E-state index in [0.717, 1.165) is 18.1 Å². The Bertz CT molecular complexity index is 499. The van der Waals surface area contributed by atoms with Crippen molar-refractivity contribution in [2.75, 3.05) is 30.3 Å². The fourth-order valence-electron chi connectivity index (χ4n) is 2.53. The standard InChI is InChI=1S/C14H22N2O3S/c1-5-18-13(17)12-10(15)6-11(20-12)16-7-9(2)19-14(3,4)8-16/h6,9H,5,7-8,15H2,1-4H3. The van der Waals surface area contributed by atoms with Crippen molar-refractivity contribution in [2.45, 2.75) is 39.4 Å². The fourth-order valence-corrected chi connectivity index (χ4v) is 3.51. The fraction of sp³-hybridized carbons (Fsp3) is 0.643. The van der Waals surface area contributed by atoms with Gasteiger partial charge >= 0.3 is 5.97 Å². The van der Waals surface area contributed by atoms with Crippen LogP contribution in [0.4, 0.5) is 10.7 Å². The van der Waals surface area contributed by atoms with Crippen molar-refractivity contribution in [1.82, 2.24) is 0 Å². The Morgan fingerprint density at radius 1 is 1.65 bits per heavy atom. The van der Waals surface area contributed by atoms with Gasteiger partial charge < -0.3 is 20.1 Å². The molecule has 0 radical (unpaired) electrons. The van der Waals surface area contributed by atoms with Crippen molar-refractivity contribution in [3.63, 3.8) is 0 Å². The van der Waals surface area contributed by atoms with Gasteiger partial charge in [-0.2, -0.15) is 0 Å². The van der Waals surface area contributed by atoms with Crippen LogP contribution in [0.25, 0.3) is 0 Å². The number of nitrogens with zero attached hydrogens (tertiary/aromatic N) is 1. The summed E-state index contributed by atoms with van der Waals surface area (Å²) >= 11 is 1.39. The highest BCUT2D eigenvalue weighted by Crippen LogP contribution is 2.35. The Morgan fingerprint density at radius 3 is 2.95 bits per heavy atom. The third kappa shape index (κ3) is 3.24. The van der Waals surface area contributed by atoms with E-state index in [9.17, 15) is 4.79 Å². The monoisotopic (exact) mass is 298 g/mol. The van der Waals surface area contributed by atoms with Crippen LogP contribution in [0, 0.1) is 0 Å². The maximum atomic E-state index is 11.8. The van der Waals surface area contributed by atoms with E-state index in [4.69, 9.17) is 15.2 Å². The Hall–Kier alpha value is -1.27. The van der Waals surface area contributed by atoms with Crippen LogP contribution in [-0.4, -0.2) is 37.4 Å². The summed E-state index contributed by atoms with van der Waals surface area (Å²) in [6, 6.07) is 1.85. The number of anilines is 2. The second-order valence-electron chi connectivity index (χ2n) is 5.66. The lowest BCUT2D eigenvalue weighted by atomic mass is 10.1. The van der Waals surface area contributed by atoms with Gasteiger partial charge in [0.15, 0.2) is 0 Å². The molecule has 1 saturated heterocycles. The molecule has 2 heterocycles. The minimum Gasteiger partial charge on any atom is -0.462 e. The van der Waals surface area contributed by atoms with Gasteiger partial charge in [0.05, 0.1) is 29.0 Å². The molecular weight excluding hydrogens is 276 g/mol. The lowest BCUT2D eigenvalue weighted by molar-refractivity contribution is -0.0748. The second kappa shape index (κ2) is 5.61. The predicted octanol–water partition coefficient (Wildman–Crippen LogP) is 2.51. The molecule has 2 N–H and O–H groups in total. The number of hydrogen-bond acceptors (Lipinski definition) is 6. The van der Waals surface area contributed by atoms with Crippen LogP contribution in [-0.2, 0) is 9.47 Å². The maximum Gasteiger partial charge on any atom is 0.350 e. The highest BCUT2D eigenvalue weighted by Gasteiger charge is 2.32. The summed E-state index contributed by atoms with van der Waals surface area (Å²) in [6.07, 6.45) is 0.146. The summed E-state index contributed by atoms with van der Waals surface area (Å²) in [7, 11) is 0. The summed E-state index contributed by atoms with van der Waals surface area (Å²) in [5.41, 5.74) is 6.21. The molecular formula is C14H22N2O3S. The lowest BCUT2D eigenvalue weighted by Crippen LogP contribution is -2.51. The first-order valence-corrected chi connectivity index (χ1v) is 7.63. The minimum absolute atomic E-state index is 0.146. The second-order valence-corrected chi connectivity index (χ2v) is 6.69. The van der Waals surface area contributed by atoms with Gasteiger partial charge in [-0.25, -0.2) is 4.79 Å². The number of rotatable bonds is 3. The van der Waals surface area contributed by atoms with Crippen molar-refractivity contribution in [3.05, 3.63) is 10.9 Å². The van der Waals surface area contributed by atoms with Gasteiger partial charge in [-0.15, -0.1) is 11.3 Å². The summed E-state index contributed by atoms with van der Waals surface area (Å²) in [4.78, 5) is 14.5. The SMILES string of the molecule is CCOC(=O)c1sc(N2CC(C)OC(C)(C)C2)cc1N. The molecule has 1 fully saturated rings. The number of carbonyl (C=O) groups excluding carboxylic acids is 1. The average Bonchev–Trinajstić information content (AvgIpc) is 2.69. The molecule has 0 aliphatic carbocycles. The van der Waals surface area contributed by atoms with E-state index in [1.165, 1.54) is 11.3 Å². The van der Waals surface area contributed by atoms with Gasteiger partial charge in [-0.1, -0.05) is 0 Å². The minimum atomic E-state index is -0.346. The number of nitrogen functional groups attached to an aromatic ring is 1. The van der Waals surface area contributed by atoms with Crippen LogP contribution >= 0.6 is 11.3 Å². The zero-order valence-corrected chi connectivity index (χ0v) is 13.3. The predicted molar refractivity (Wildman–Crippen MR) is 81.5 cm³/mol. The van der Waals surface area contributed by atoms with Crippen LogP contribution in [0.3, 0.4) is 0 Å². The largest absolute Gasteiger partial charge is 0.462 e. The van der Waals surface area contributed by atoms with Crippen LogP contribution < -0.4 is 10.6 Å². The molecule has 112 valence electrons. The van der Waals surface area contributed by atoms with Gasteiger partial charge in [0.25, 0.3) is 0 Å². The van der Waals surface area contributed by atoms with E-state index >= 15 is 0 Å².